The molecule has 1 heterocycles. The molecule has 1 aromatic carbocycles. The molecule has 0 amide bonds. The van der Waals surface area contributed by atoms with Gasteiger partial charge in [-0.1, -0.05) is 18.2 Å². The van der Waals surface area contributed by atoms with Gasteiger partial charge in [-0.3, -0.25) is 0 Å². The van der Waals surface area contributed by atoms with E-state index in [9.17, 15) is 8.78 Å². The first-order valence-corrected chi connectivity index (χ1v) is 8.92. The van der Waals surface area contributed by atoms with Gasteiger partial charge in [0, 0.05) is 30.5 Å². The first-order valence-electron chi connectivity index (χ1n) is 8.04. The Bertz CT molecular complexity index is 691. The molecule has 0 saturated carbocycles. The molecule has 5 nitrogen and oxygen atoms in total. The zero-order valence-electron chi connectivity index (χ0n) is 14.3. The van der Waals surface area contributed by atoms with Crippen molar-refractivity contribution in [1.82, 2.24) is 15.6 Å². The number of nitrogens with one attached hydrogen (secondary N) is 2. The Balaban J connectivity index is 1.94. The molecule has 0 aliphatic carbocycles. The number of ether oxygens (including phenoxy) is 1. The summed E-state index contributed by atoms with van der Waals surface area (Å²) in [4.78, 5) is 8.86. The number of para-hydroxylation sites is 1. The van der Waals surface area contributed by atoms with E-state index in [0.29, 0.717) is 24.6 Å². The summed E-state index contributed by atoms with van der Waals surface area (Å²) in [5.74, 6) is 0.774. The van der Waals surface area contributed by atoms with Gasteiger partial charge in [-0.25, -0.2) is 9.98 Å². The van der Waals surface area contributed by atoms with Gasteiger partial charge < -0.3 is 15.4 Å². The number of aliphatic imine (C=N–C) groups is 1. The lowest BCUT2D eigenvalue weighted by molar-refractivity contribution is -0.0504. The van der Waals surface area contributed by atoms with Crippen LogP contribution in [0, 0.1) is 6.92 Å². The fraction of sp³-hybridized carbons (Fsp3) is 0.412. The lowest BCUT2D eigenvalue weighted by atomic mass is 10.2. The molecule has 0 saturated heterocycles. The minimum Gasteiger partial charge on any atom is -0.434 e. The largest absolute Gasteiger partial charge is 0.434 e. The minimum absolute atomic E-state index is 0.148. The van der Waals surface area contributed by atoms with E-state index in [1.54, 1.807) is 29.5 Å². The molecule has 1 aromatic heterocycles. The Morgan fingerprint density at radius 2 is 2.12 bits per heavy atom. The van der Waals surface area contributed by atoms with E-state index in [1.807, 2.05) is 19.2 Å². The van der Waals surface area contributed by atoms with Crippen LogP contribution in [0.4, 0.5) is 8.78 Å². The molecule has 0 bridgehead atoms. The third-order valence-corrected chi connectivity index (χ3v) is 4.10. The average molecular weight is 368 g/mol. The van der Waals surface area contributed by atoms with Crippen LogP contribution >= 0.6 is 11.3 Å². The second-order valence-corrected chi connectivity index (χ2v) is 6.28. The fourth-order valence-corrected chi connectivity index (χ4v) is 2.83. The summed E-state index contributed by atoms with van der Waals surface area (Å²) in [6.45, 7) is 2.73. The van der Waals surface area contributed by atoms with Crippen molar-refractivity contribution in [2.75, 3.05) is 13.1 Å². The van der Waals surface area contributed by atoms with E-state index >= 15 is 0 Å². The van der Waals surface area contributed by atoms with Gasteiger partial charge >= 0.3 is 6.61 Å². The number of hydrogen-bond acceptors (Lipinski definition) is 4. The molecule has 136 valence electrons. The molecule has 2 N–H and O–H groups in total. The van der Waals surface area contributed by atoms with Crippen molar-refractivity contribution < 1.29 is 13.5 Å². The molecule has 2 aromatic rings. The van der Waals surface area contributed by atoms with Gasteiger partial charge in [-0.2, -0.15) is 8.78 Å². The molecule has 0 radical (unpaired) electrons. The van der Waals surface area contributed by atoms with Crippen LogP contribution in [0.2, 0.25) is 0 Å². The van der Waals surface area contributed by atoms with Crippen LogP contribution in [0.1, 0.15) is 23.2 Å². The standard InChI is InChI=1S/C17H22F2N4OS/c1-3-20-17(21-9-8-14-11-25-12(2)23-14)22-10-13-6-4-5-7-15(13)24-16(18)19/h4-7,11,16H,3,8-10H2,1-2H3,(H2,20,21,22). The SMILES string of the molecule is CCNC(=NCc1ccccc1OC(F)F)NCCc1csc(C)n1. The highest BCUT2D eigenvalue weighted by molar-refractivity contribution is 7.09. The minimum atomic E-state index is -2.85. The third kappa shape index (κ3) is 6.66. The summed E-state index contributed by atoms with van der Waals surface area (Å²) < 4.78 is 29.5. The number of halogens is 2. The summed E-state index contributed by atoms with van der Waals surface area (Å²) in [5.41, 5.74) is 1.65. The van der Waals surface area contributed by atoms with Crippen molar-refractivity contribution in [2.24, 2.45) is 4.99 Å². The maximum absolute atomic E-state index is 12.5. The molecule has 2 rings (SSSR count). The Morgan fingerprint density at radius 3 is 2.80 bits per heavy atom. The number of hydrogen-bond donors (Lipinski definition) is 2. The Labute approximate surface area is 150 Å². The number of aryl methyl sites for hydroxylation is 1. The maximum Gasteiger partial charge on any atom is 0.387 e. The van der Waals surface area contributed by atoms with Gasteiger partial charge in [0.1, 0.15) is 5.75 Å². The van der Waals surface area contributed by atoms with E-state index in [2.05, 4.69) is 25.3 Å². The number of aromatic nitrogens is 1. The molecule has 0 unspecified atom stereocenters. The van der Waals surface area contributed by atoms with E-state index in [4.69, 9.17) is 0 Å². The second kappa shape index (κ2) is 9.93. The van der Waals surface area contributed by atoms with Crippen molar-refractivity contribution in [3.63, 3.8) is 0 Å². The highest BCUT2D eigenvalue weighted by Gasteiger charge is 2.09. The van der Waals surface area contributed by atoms with Crippen LogP contribution in [0.5, 0.6) is 5.75 Å². The summed E-state index contributed by atoms with van der Waals surface area (Å²) in [6.07, 6.45) is 0.792. The first kappa shape index (κ1) is 19.1. The molecule has 0 atom stereocenters. The Morgan fingerprint density at radius 1 is 1.32 bits per heavy atom. The van der Waals surface area contributed by atoms with Gasteiger partial charge in [-0.15, -0.1) is 11.3 Å². The molecule has 0 aliphatic heterocycles. The topological polar surface area (TPSA) is 58.5 Å². The fourth-order valence-electron chi connectivity index (χ4n) is 2.18. The van der Waals surface area contributed by atoms with Gasteiger partial charge in [0.25, 0.3) is 0 Å². The van der Waals surface area contributed by atoms with Gasteiger partial charge in [0.05, 0.1) is 17.2 Å². The molecule has 25 heavy (non-hydrogen) atoms. The quantitative estimate of drug-likeness (QED) is 0.554. The normalized spacial score (nSPS) is 11.6. The van der Waals surface area contributed by atoms with Crippen LogP contribution in [0.3, 0.4) is 0 Å². The van der Waals surface area contributed by atoms with Crippen molar-refractivity contribution in [1.29, 1.82) is 0 Å². The first-order chi connectivity index (χ1) is 12.1. The molecule has 0 fully saturated rings. The molecule has 8 heteroatoms. The smallest absolute Gasteiger partial charge is 0.387 e. The second-order valence-electron chi connectivity index (χ2n) is 5.22. The number of thiazole rings is 1. The van der Waals surface area contributed by atoms with Crippen LogP contribution in [-0.2, 0) is 13.0 Å². The highest BCUT2D eigenvalue weighted by atomic mass is 32.1. The molecular weight excluding hydrogens is 346 g/mol. The summed E-state index contributed by atoms with van der Waals surface area (Å²) in [6, 6.07) is 6.67. The third-order valence-electron chi connectivity index (χ3n) is 3.28. The predicted octanol–water partition coefficient (Wildman–Crippen LogP) is 3.35. The zero-order valence-corrected chi connectivity index (χ0v) is 15.1. The molecular formula is C17H22F2N4OS. The van der Waals surface area contributed by atoms with E-state index < -0.39 is 6.61 Å². The van der Waals surface area contributed by atoms with Gasteiger partial charge in [0.15, 0.2) is 5.96 Å². The van der Waals surface area contributed by atoms with E-state index in [-0.39, 0.29) is 12.3 Å². The predicted molar refractivity (Wildman–Crippen MR) is 96.4 cm³/mol. The Hall–Kier alpha value is -2.22. The van der Waals surface area contributed by atoms with Crippen LogP contribution in [0.25, 0.3) is 0 Å². The molecule has 0 spiro atoms. The van der Waals surface area contributed by atoms with Crippen LogP contribution in [-0.4, -0.2) is 30.6 Å². The maximum atomic E-state index is 12.5. The summed E-state index contributed by atoms with van der Waals surface area (Å²) in [7, 11) is 0. The lowest BCUT2D eigenvalue weighted by Gasteiger charge is -2.12. The lowest BCUT2D eigenvalue weighted by Crippen LogP contribution is -2.38. The van der Waals surface area contributed by atoms with Gasteiger partial charge in [-0.05, 0) is 19.9 Å². The van der Waals surface area contributed by atoms with Crippen LogP contribution in [0.15, 0.2) is 34.6 Å². The number of alkyl halides is 2. The highest BCUT2D eigenvalue weighted by Crippen LogP contribution is 2.20. The molecule has 0 aliphatic rings. The number of benzene rings is 1. The average Bonchev–Trinajstić information content (AvgIpc) is 2.98. The van der Waals surface area contributed by atoms with E-state index in [0.717, 1.165) is 17.1 Å². The van der Waals surface area contributed by atoms with Crippen molar-refractivity contribution in [3.8, 4) is 5.75 Å². The van der Waals surface area contributed by atoms with E-state index in [1.165, 1.54) is 6.07 Å². The van der Waals surface area contributed by atoms with Crippen molar-refractivity contribution >= 4 is 17.3 Å². The number of nitrogens with zero attached hydrogens (tertiary/aromatic N) is 2. The Kier molecular flexibility index (Phi) is 7.59. The summed E-state index contributed by atoms with van der Waals surface area (Å²) in [5, 5.41) is 9.45. The summed E-state index contributed by atoms with van der Waals surface area (Å²) >= 11 is 1.63. The van der Waals surface area contributed by atoms with Crippen molar-refractivity contribution in [2.45, 2.75) is 33.4 Å². The monoisotopic (exact) mass is 368 g/mol. The van der Waals surface area contributed by atoms with Gasteiger partial charge in [0.2, 0.25) is 0 Å². The van der Waals surface area contributed by atoms with Crippen molar-refractivity contribution in [3.05, 3.63) is 45.9 Å². The number of guanidine groups is 1. The zero-order chi connectivity index (χ0) is 18.1. The number of rotatable bonds is 8. The van der Waals surface area contributed by atoms with Crippen LogP contribution < -0.4 is 15.4 Å².